The van der Waals surface area contributed by atoms with Crippen LogP contribution in [0.3, 0.4) is 0 Å². The third-order valence-corrected chi connectivity index (χ3v) is 5.87. The van der Waals surface area contributed by atoms with E-state index in [0.717, 1.165) is 59.0 Å². The smallest absolute Gasteiger partial charge is 0.0780 e. The summed E-state index contributed by atoms with van der Waals surface area (Å²) in [7, 11) is 0. The molecular formula is C21H21N5S. The number of thiophene rings is 1. The largest absolute Gasteiger partial charge is 0.404 e. The monoisotopic (exact) mass is 375 g/mol. The lowest BCUT2D eigenvalue weighted by atomic mass is 9.84. The molecule has 0 radical (unpaired) electrons. The number of aromatic nitrogens is 1. The Hall–Kier alpha value is -2.99. The summed E-state index contributed by atoms with van der Waals surface area (Å²) >= 11 is 1.56. The van der Waals surface area contributed by atoms with Gasteiger partial charge in [-0.25, -0.2) is 4.98 Å². The maximum Gasteiger partial charge on any atom is 0.0780 e. The van der Waals surface area contributed by atoms with E-state index >= 15 is 0 Å². The number of hydrogen-bond acceptors (Lipinski definition) is 6. The lowest BCUT2D eigenvalue weighted by Crippen LogP contribution is -2.14. The van der Waals surface area contributed by atoms with Gasteiger partial charge in [-0.3, -0.25) is 5.41 Å². The summed E-state index contributed by atoms with van der Waals surface area (Å²) < 4.78 is 0. The van der Waals surface area contributed by atoms with Crippen LogP contribution < -0.4 is 11.5 Å². The molecule has 5 nitrogen and oxygen atoms in total. The molecule has 0 fully saturated rings. The SMILES string of the molecule is N=Cc1c(N)ccc2nc(/C(=C/N)C(=N)c3ccsc3)c3c(c12)CCCC3. The Labute approximate surface area is 161 Å². The number of anilines is 1. The molecule has 1 aromatic carbocycles. The first kappa shape index (κ1) is 17.4. The number of rotatable bonds is 4. The van der Waals surface area contributed by atoms with E-state index in [0.29, 0.717) is 17.0 Å². The van der Waals surface area contributed by atoms with Gasteiger partial charge in [0.25, 0.3) is 0 Å². The molecule has 2 aromatic heterocycles. The minimum atomic E-state index is 0.390. The van der Waals surface area contributed by atoms with Crippen molar-refractivity contribution in [2.24, 2.45) is 5.73 Å². The predicted octanol–water partition coefficient (Wildman–Crippen LogP) is 4.12. The van der Waals surface area contributed by atoms with E-state index in [1.54, 1.807) is 17.4 Å². The first-order chi connectivity index (χ1) is 13.2. The van der Waals surface area contributed by atoms with E-state index in [1.165, 1.54) is 18.0 Å². The van der Waals surface area contributed by atoms with Crippen molar-refractivity contribution >= 4 is 45.4 Å². The van der Waals surface area contributed by atoms with Crippen LogP contribution in [0, 0.1) is 10.8 Å². The van der Waals surface area contributed by atoms with E-state index < -0.39 is 0 Å². The first-order valence-electron chi connectivity index (χ1n) is 8.94. The van der Waals surface area contributed by atoms with Gasteiger partial charge in [0.1, 0.15) is 0 Å². The maximum absolute atomic E-state index is 8.64. The van der Waals surface area contributed by atoms with Crippen LogP contribution in [0.2, 0.25) is 0 Å². The van der Waals surface area contributed by atoms with Crippen LogP contribution in [-0.2, 0) is 12.8 Å². The Morgan fingerprint density at radius 2 is 1.93 bits per heavy atom. The molecule has 0 bridgehead atoms. The zero-order chi connectivity index (χ0) is 19.0. The summed E-state index contributed by atoms with van der Waals surface area (Å²) in [5, 5.41) is 21.3. The van der Waals surface area contributed by atoms with Gasteiger partial charge in [0, 0.05) is 45.6 Å². The molecule has 136 valence electrons. The molecule has 6 N–H and O–H groups in total. The second kappa shape index (κ2) is 6.96. The molecule has 0 unspecified atom stereocenters. The lowest BCUT2D eigenvalue weighted by molar-refractivity contribution is 0.686. The van der Waals surface area contributed by atoms with Crippen LogP contribution in [0.1, 0.15) is 40.8 Å². The normalized spacial score (nSPS) is 14.1. The van der Waals surface area contributed by atoms with E-state index in [9.17, 15) is 0 Å². The third-order valence-electron chi connectivity index (χ3n) is 5.19. The number of nitrogens with two attached hydrogens (primary N) is 2. The zero-order valence-corrected chi connectivity index (χ0v) is 15.7. The Balaban J connectivity index is 2.00. The number of hydrogen-bond donors (Lipinski definition) is 4. The fourth-order valence-electron chi connectivity index (χ4n) is 3.89. The van der Waals surface area contributed by atoms with Crippen LogP contribution in [0.5, 0.6) is 0 Å². The molecule has 6 heteroatoms. The van der Waals surface area contributed by atoms with E-state index in [2.05, 4.69) is 0 Å². The highest BCUT2D eigenvalue weighted by atomic mass is 32.1. The average Bonchev–Trinajstić information content (AvgIpc) is 3.23. The molecule has 2 heterocycles. The van der Waals surface area contributed by atoms with Gasteiger partial charge in [-0.2, -0.15) is 11.3 Å². The molecule has 0 aliphatic heterocycles. The van der Waals surface area contributed by atoms with Crippen LogP contribution in [0.4, 0.5) is 5.69 Å². The quantitative estimate of drug-likeness (QED) is 0.406. The van der Waals surface area contributed by atoms with Crippen molar-refractivity contribution in [2.75, 3.05) is 5.73 Å². The molecule has 1 aliphatic rings. The molecule has 1 aliphatic carbocycles. The highest BCUT2D eigenvalue weighted by Crippen LogP contribution is 2.36. The zero-order valence-electron chi connectivity index (χ0n) is 14.9. The van der Waals surface area contributed by atoms with Crippen LogP contribution in [0.15, 0.2) is 35.2 Å². The van der Waals surface area contributed by atoms with Crippen molar-refractivity contribution in [3.63, 3.8) is 0 Å². The van der Waals surface area contributed by atoms with Gasteiger partial charge in [0.15, 0.2) is 0 Å². The number of benzene rings is 1. The maximum atomic E-state index is 8.64. The Kier molecular flexibility index (Phi) is 4.49. The third kappa shape index (κ3) is 2.82. The first-order valence-corrected chi connectivity index (χ1v) is 9.88. The van der Waals surface area contributed by atoms with Gasteiger partial charge >= 0.3 is 0 Å². The van der Waals surface area contributed by atoms with Gasteiger partial charge < -0.3 is 16.9 Å². The molecule has 3 aromatic rings. The Morgan fingerprint density at radius 1 is 1.15 bits per heavy atom. The molecule has 0 spiro atoms. The minimum Gasteiger partial charge on any atom is -0.404 e. The van der Waals surface area contributed by atoms with Gasteiger partial charge in [-0.1, -0.05) is 0 Å². The predicted molar refractivity (Wildman–Crippen MR) is 114 cm³/mol. The standard InChI is InChI=1S/C21H21N5S/c22-9-15-17(24)5-6-18-19(15)13-3-1-2-4-14(13)21(26-18)16(10-23)20(25)12-7-8-27-11-12/h5-11,22,25H,1-4,23-24H2/b16-10+,22-9?,25-20?. The second-order valence-electron chi connectivity index (χ2n) is 6.70. The Bertz CT molecular complexity index is 1080. The molecule has 4 rings (SSSR count). The van der Waals surface area contributed by atoms with Gasteiger partial charge in [-0.05, 0) is 60.4 Å². The lowest BCUT2D eigenvalue weighted by Gasteiger charge is -2.23. The highest BCUT2D eigenvalue weighted by Gasteiger charge is 2.24. The van der Waals surface area contributed by atoms with Gasteiger partial charge in [-0.15, -0.1) is 0 Å². The summed E-state index contributed by atoms with van der Waals surface area (Å²) in [5.41, 5.74) is 19.2. The Morgan fingerprint density at radius 3 is 2.59 bits per heavy atom. The van der Waals surface area contributed by atoms with Crippen molar-refractivity contribution in [1.29, 1.82) is 10.8 Å². The number of nitrogens with zero attached hydrogens (tertiary/aromatic N) is 1. The molecule has 0 saturated heterocycles. The van der Waals surface area contributed by atoms with Crippen LogP contribution in [0.25, 0.3) is 16.5 Å². The second-order valence-corrected chi connectivity index (χ2v) is 7.48. The summed E-state index contributed by atoms with van der Waals surface area (Å²) in [6.45, 7) is 0. The average molecular weight is 376 g/mol. The number of pyridine rings is 1. The number of allylic oxidation sites excluding steroid dienone is 1. The summed E-state index contributed by atoms with van der Waals surface area (Å²) in [5.74, 6) is 0. The summed E-state index contributed by atoms with van der Waals surface area (Å²) in [6, 6.07) is 5.63. The van der Waals surface area contributed by atoms with Crippen LogP contribution in [-0.4, -0.2) is 16.9 Å². The molecular weight excluding hydrogens is 354 g/mol. The topological polar surface area (TPSA) is 113 Å². The number of fused-ring (bicyclic) bond motifs is 3. The van der Waals surface area contributed by atoms with Crippen molar-refractivity contribution < 1.29 is 0 Å². The number of nitrogen functional groups attached to an aromatic ring is 1. The van der Waals surface area contributed by atoms with Crippen LogP contribution >= 0.6 is 11.3 Å². The van der Waals surface area contributed by atoms with E-state index in [4.69, 9.17) is 27.3 Å². The highest BCUT2D eigenvalue weighted by molar-refractivity contribution is 7.08. The minimum absolute atomic E-state index is 0.390. The summed E-state index contributed by atoms with van der Waals surface area (Å²) in [4.78, 5) is 4.90. The number of nitrogens with one attached hydrogen (secondary N) is 2. The fraction of sp³-hybridized carbons (Fsp3) is 0.190. The summed E-state index contributed by atoms with van der Waals surface area (Å²) in [6.07, 6.45) is 6.82. The van der Waals surface area contributed by atoms with Gasteiger partial charge in [0.05, 0.1) is 16.9 Å². The fourth-order valence-corrected chi connectivity index (χ4v) is 4.53. The molecule has 27 heavy (non-hydrogen) atoms. The molecule has 0 saturated carbocycles. The van der Waals surface area contributed by atoms with E-state index in [-0.39, 0.29) is 0 Å². The van der Waals surface area contributed by atoms with Crippen molar-refractivity contribution in [2.45, 2.75) is 25.7 Å². The van der Waals surface area contributed by atoms with Crippen molar-refractivity contribution in [3.05, 3.63) is 63.1 Å². The number of aryl methyl sites for hydroxylation is 1. The van der Waals surface area contributed by atoms with E-state index in [1.807, 2.05) is 22.9 Å². The van der Waals surface area contributed by atoms with Crippen molar-refractivity contribution in [3.8, 4) is 0 Å². The molecule has 0 atom stereocenters. The van der Waals surface area contributed by atoms with Gasteiger partial charge in [0.2, 0.25) is 0 Å². The van der Waals surface area contributed by atoms with Crippen molar-refractivity contribution in [1.82, 2.24) is 4.98 Å². The molecule has 0 amide bonds.